The Morgan fingerprint density at radius 2 is 1.89 bits per heavy atom. The highest BCUT2D eigenvalue weighted by atomic mass is 16.7. The molecule has 0 bridgehead atoms. The molecule has 0 atom stereocenters. The third kappa shape index (κ3) is 3.14. The molecule has 2 heterocycles. The molecule has 1 aliphatic rings. The van der Waals surface area contributed by atoms with Crippen LogP contribution >= 0.6 is 0 Å². The van der Waals surface area contributed by atoms with Crippen molar-refractivity contribution in [2.75, 3.05) is 6.79 Å². The van der Waals surface area contributed by atoms with Gasteiger partial charge in [-0.15, -0.1) is 10.2 Å². The molecule has 4 aromatic rings. The predicted molar refractivity (Wildman–Crippen MR) is 102 cm³/mol. The highest BCUT2D eigenvalue weighted by Crippen LogP contribution is 2.34. The van der Waals surface area contributed by atoms with Gasteiger partial charge in [-0.3, -0.25) is 0 Å². The summed E-state index contributed by atoms with van der Waals surface area (Å²) in [7, 11) is 0. The topological polar surface area (TPSA) is 79.0 Å². The van der Waals surface area contributed by atoms with Gasteiger partial charge >= 0.3 is 0 Å². The first-order chi connectivity index (χ1) is 13.9. The molecule has 0 unspecified atom stereocenters. The molecule has 0 N–H and O–H groups in total. The zero-order chi connectivity index (χ0) is 18.8. The van der Waals surface area contributed by atoms with E-state index in [9.17, 15) is 0 Å². The van der Waals surface area contributed by atoms with Crippen LogP contribution in [-0.4, -0.2) is 23.2 Å². The minimum Gasteiger partial charge on any atom is -0.454 e. The van der Waals surface area contributed by atoms with Crippen molar-refractivity contribution in [2.45, 2.75) is 6.61 Å². The molecule has 0 radical (unpaired) electrons. The Labute approximate surface area is 160 Å². The van der Waals surface area contributed by atoms with Crippen LogP contribution in [0.5, 0.6) is 11.5 Å². The fourth-order valence-corrected chi connectivity index (χ4v) is 2.99. The molecule has 138 valence electrons. The van der Waals surface area contributed by atoms with E-state index in [0.29, 0.717) is 23.3 Å². The van der Waals surface area contributed by atoms with Crippen LogP contribution in [0.1, 0.15) is 11.5 Å². The maximum absolute atomic E-state index is 5.68. The molecule has 0 saturated heterocycles. The van der Waals surface area contributed by atoms with Gasteiger partial charge in [0.2, 0.25) is 12.7 Å². The van der Waals surface area contributed by atoms with Gasteiger partial charge in [-0.1, -0.05) is 41.6 Å². The van der Waals surface area contributed by atoms with E-state index in [1.165, 1.54) is 0 Å². The first-order valence-electron chi connectivity index (χ1n) is 8.72. The molecule has 0 amide bonds. The smallest absolute Gasteiger partial charge is 0.257 e. The summed E-state index contributed by atoms with van der Waals surface area (Å²) >= 11 is 0. The number of benzene rings is 3. The van der Waals surface area contributed by atoms with Gasteiger partial charge in [-0.25, -0.2) is 0 Å². The number of aromatic nitrogens is 2. The first kappa shape index (κ1) is 16.3. The molecule has 7 heteroatoms. The summed E-state index contributed by atoms with van der Waals surface area (Å²) in [6.45, 7) is 0.282. The lowest BCUT2D eigenvalue weighted by Crippen LogP contribution is -1.94. The standard InChI is InChI=1S/C21H15N3O4/c1-2-5-15-10-16(9-8-14(15)4-1)21-24-23-19(28-21)12-27-22-11-17-6-3-7-18-20(17)26-13-25-18/h1-11H,12-13H2. The highest BCUT2D eigenvalue weighted by molar-refractivity contribution is 5.86. The molecule has 1 aromatic heterocycles. The van der Waals surface area contributed by atoms with Crippen LogP contribution in [0.4, 0.5) is 0 Å². The Morgan fingerprint density at radius 3 is 2.86 bits per heavy atom. The predicted octanol–water partition coefficient (Wildman–Crippen LogP) is 4.17. The van der Waals surface area contributed by atoms with E-state index in [2.05, 4.69) is 21.4 Å². The highest BCUT2D eigenvalue weighted by Gasteiger charge is 2.16. The Kier molecular flexibility index (Phi) is 4.10. The fraction of sp³-hybridized carbons (Fsp3) is 0.0952. The number of para-hydroxylation sites is 1. The number of fused-ring (bicyclic) bond motifs is 2. The van der Waals surface area contributed by atoms with Gasteiger partial charge in [-0.05, 0) is 35.0 Å². The van der Waals surface area contributed by atoms with Crippen molar-refractivity contribution in [1.29, 1.82) is 0 Å². The van der Waals surface area contributed by atoms with Gasteiger partial charge in [0.1, 0.15) is 0 Å². The minimum atomic E-state index is 0.0729. The molecule has 28 heavy (non-hydrogen) atoms. The second kappa shape index (κ2) is 7.03. The molecule has 0 spiro atoms. The Hall–Kier alpha value is -3.87. The summed E-state index contributed by atoms with van der Waals surface area (Å²) in [4.78, 5) is 5.28. The molecule has 1 aliphatic heterocycles. The van der Waals surface area contributed by atoms with Crippen molar-refractivity contribution in [3.8, 4) is 23.0 Å². The largest absolute Gasteiger partial charge is 0.454 e. The van der Waals surface area contributed by atoms with Gasteiger partial charge in [0.25, 0.3) is 5.89 Å². The van der Waals surface area contributed by atoms with Gasteiger partial charge < -0.3 is 18.7 Å². The van der Waals surface area contributed by atoms with E-state index >= 15 is 0 Å². The lowest BCUT2D eigenvalue weighted by atomic mass is 10.1. The van der Waals surface area contributed by atoms with Crippen molar-refractivity contribution in [2.24, 2.45) is 5.16 Å². The van der Waals surface area contributed by atoms with Gasteiger partial charge in [0.05, 0.1) is 6.21 Å². The van der Waals surface area contributed by atoms with Crippen LogP contribution in [0.2, 0.25) is 0 Å². The van der Waals surface area contributed by atoms with Crippen LogP contribution < -0.4 is 9.47 Å². The van der Waals surface area contributed by atoms with E-state index in [-0.39, 0.29) is 13.4 Å². The van der Waals surface area contributed by atoms with Crippen LogP contribution in [-0.2, 0) is 11.4 Å². The molecule has 5 rings (SSSR count). The third-order valence-electron chi connectivity index (χ3n) is 4.34. The summed E-state index contributed by atoms with van der Waals surface area (Å²) in [6, 6.07) is 19.7. The summed E-state index contributed by atoms with van der Waals surface area (Å²) in [5, 5.41) is 14.3. The fourth-order valence-electron chi connectivity index (χ4n) is 2.99. The monoisotopic (exact) mass is 373 g/mol. The van der Waals surface area contributed by atoms with Crippen LogP contribution in [0.15, 0.2) is 70.2 Å². The number of hydrogen-bond donors (Lipinski definition) is 0. The molecule has 0 saturated carbocycles. The summed E-state index contributed by atoms with van der Waals surface area (Å²) < 4.78 is 16.4. The zero-order valence-electron chi connectivity index (χ0n) is 14.7. The molecular weight excluding hydrogens is 358 g/mol. The van der Waals surface area contributed by atoms with Gasteiger partial charge in [-0.2, -0.15) is 0 Å². The lowest BCUT2D eigenvalue weighted by Gasteiger charge is -2.00. The maximum atomic E-state index is 5.68. The third-order valence-corrected chi connectivity index (χ3v) is 4.34. The van der Waals surface area contributed by atoms with Crippen LogP contribution in [0.3, 0.4) is 0 Å². The number of rotatable bonds is 5. The van der Waals surface area contributed by atoms with Gasteiger partial charge in [0.15, 0.2) is 18.1 Å². The lowest BCUT2D eigenvalue weighted by molar-refractivity contribution is 0.112. The molecule has 3 aromatic carbocycles. The van der Waals surface area contributed by atoms with E-state index in [1.807, 2.05) is 54.6 Å². The van der Waals surface area contributed by atoms with Crippen molar-refractivity contribution in [1.82, 2.24) is 10.2 Å². The molecule has 0 aliphatic carbocycles. The maximum Gasteiger partial charge on any atom is 0.257 e. The van der Waals surface area contributed by atoms with Crippen molar-refractivity contribution >= 4 is 17.0 Å². The Bertz CT molecular complexity index is 1170. The summed E-state index contributed by atoms with van der Waals surface area (Å²) in [6.07, 6.45) is 1.56. The van der Waals surface area contributed by atoms with E-state index in [4.69, 9.17) is 18.7 Å². The molecule has 7 nitrogen and oxygen atoms in total. The second-order valence-electron chi connectivity index (χ2n) is 6.15. The average molecular weight is 373 g/mol. The second-order valence-corrected chi connectivity index (χ2v) is 6.15. The molecular formula is C21H15N3O4. The number of hydrogen-bond acceptors (Lipinski definition) is 7. The Morgan fingerprint density at radius 1 is 0.964 bits per heavy atom. The van der Waals surface area contributed by atoms with E-state index < -0.39 is 0 Å². The quantitative estimate of drug-likeness (QED) is 0.386. The minimum absolute atomic E-state index is 0.0729. The molecule has 0 fully saturated rings. The van der Waals surface area contributed by atoms with Crippen LogP contribution in [0, 0.1) is 0 Å². The SMILES string of the molecule is C(=NOCc1nnc(-c2ccc3ccccc3c2)o1)c1cccc2c1OCO2. The number of nitrogens with zero attached hydrogens (tertiary/aromatic N) is 3. The normalized spacial score (nSPS) is 12.7. The zero-order valence-corrected chi connectivity index (χ0v) is 14.7. The Balaban J connectivity index is 1.26. The summed E-state index contributed by atoms with van der Waals surface area (Å²) in [5.74, 6) is 2.14. The van der Waals surface area contributed by atoms with Gasteiger partial charge in [0, 0.05) is 11.1 Å². The van der Waals surface area contributed by atoms with Crippen molar-refractivity contribution < 1.29 is 18.7 Å². The summed E-state index contributed by atoms with van der Waals surface area (Å²) in [5.41, 5.74) is 1.63. The van der Waals surface area contributed by atoms with E-state index in [1.54, 1.807) is 6.21 Å². The average Bonchev–Trinajstić information content (AvgIpc) is 3.41. The van der Waals surface area contributed by atoms with Crippen molar-refractivity contribution in [3.05, 3.63) is 72.1 Å². The number of ether oxygens (including phenoxy) is 2. The van der Waals surface area contributed by atoms with Crippen molar-refractivity contribution in [3.63, 3.8) is 0 Å². The van der Waals surface area contributed by atoms with Crippen LogP contribution in [0.25, 0.3) is 22.2 Å². The first-order valence-corrected chi connectivity index (χ1v) is 8.72. The van der Waals surface area contributed by atoms with E-state index in [0.717, 1.165) is 21.9 Å². The number of oxime groups is 1.